The first-order chi connectivity index (χ1) is 7.47. The average molecular weight is 244 g/mol. The van der Waals surface area contributed by atoms with E-state index in [1.54, 1.807) is 0 Å². The zero-order chi connectivity index (χ0) is 12.3. The van der Waals surface area contributed by atoms with Crippen LogP contribution < -0.4 is 0 Å². The largest absolute Gasteiger partial charge is 0.297 e. The van der Waals surface area contributed by atoms with Gasteiger partial charge in [-0.25, -0.2) is 0 Å². The molecule has 0 aliphatic heterocycles. The molecule has 1 fully saturated rings. The molecule has 16 heavy (non-hydrogen) atoms. The van der Waals surface area contributed by atoms with E-state index >= 15 is 0 Å². The lowest BCUT2D eigenvalue weighted by Gasteiger charge is -2.31. The van der Waals surface area contributed by atoms with Crippen LogP contribution in [0.1, 0.15) is 46.5 Å². The first-order valence-electron chi connectivity index (χ1n) is 6.52. The molecule has 1 saturated carbocycles. The van der Waals surface area contributed by atoms with Gasteiger partial charge in [-0.05, 0) is 52.5 Å². The maximum absolute atomic E-state index is 6.09. The van der Waals surface area contributed by atoms with Crippen LogP contribution in [0.5, 0.6) is 0 Å². The Balaban J connectivity index is 2.56. The topological polar surface area (TPSA) is 3.24 Å². The van der Waals surface area contributed by atoms with E-state index in [1.165, 1.54) is 24.8 Å². The Morgan fingerprint density at radius 2 is 2.06 bits per heavy atom. The number of hydrogen-bond acceptors (Lipinski definition) is 1. The third-order valence-electron chi connectivity index (χ3n) is 4.13. The van der Waals surface area contributed by atoms with Crippen LogP contribution in [-0.2, 0) is 0 Å². The van der Waals surface area contributed by atoms with Gasteiger partial charge in [-0.1, -0.05) is 19.1 Å². The molecule has 0 radical (unpaired) electrons. The fourth-order valence-corrected chi connectivity index (χ4v) is 2.94. The van der Waals surface area contributed by atoms with E-state index in [2.05, 4.69) is 39.3 Å². The SMILES string of the molecule is C=C1C(CC(C)Cl)CC[C@H]1N(C)C(C)CC. The summed E-state index contributed by atoms with van der Waals surface area (Å²) in [6.45, 7) is 10.9. The third-order valence-corrected chi connectivity index (χ3v) is 4.31. The Kier molecular flexibility index (Phi) is 5.33. The summed E-state index contributed by atoms with van der Waals surface area (Å²) in [5.41, 5.74) is 1.41. The van der Waals surface area contributed by atoms with Crippen molar-refractivity contribution in [3.05, 3.63) is 12.2 Å². The molecule has 0 heterocycles. The summed E-state index contributed by atoms with van der Waals surface area (Å²) < 4.78 is 0. The molecule has 0 amide bonds. The lowest BCUT2D eigenvalue weighted by Crippen LogP contribution is -2.37. The van der Waals surface area contributed by atoms with Gasteiger partial charge >= 0.3 is 0 Å². The highest BCUT2D eigenvalue weighted by Crippen LogP contribution is 2.37. The van der Waals surface area contributed by atoms with Crippen molar-refractivity contribution in [1.29, 1.82) is 0 Å². The predicted octanol–water partition coefficient (Wildman–Crippen LogP) is 4.07. The molecular weight excluding hydrogens is 218 g/mol. The van der Waals surface area contributed by atoms with E-state index in [4.69, 9.17) is 11.6 Å². The van der Waals surface area contributed by atoms with Gasteiger partial charge in [-0.15, -0.1) is 11.6 Å². The highest BCUT2D eigenvalue weighted by Gasteiger charge is 2.32. The van der Waals surface area contributed by atoms with Gasteiger partial charge in [0.2, 0.25) is 0 Å². The predicted molar refractivity (Wildman–Crippen MR) is 73.1 cm³/mol. The highest BCUT2D eigenvalue weighted by molar-refractivity contribution is 6.20. The standard InChI is InChI=1S/C14H26ClN/c1-6-11(3)16(5)14-8-7-13(12(14)4)9-10(2)15/h10-11,13-14H,4,6-9H2,1-3,5H3/t10?,11?,13?,14-/m1/s1. The van der Waals surface area contributed by atoms with Crippen molar-refractivity contribution in [2.75, 3.05) is 7.05 Å². The number of halogens is 1. The molecule has 0 bridgehead atoms. The second-order valence-electron chi connectivity index (χ2n) is 5.30. The zero-order valence-electron chi connectivity index (χ0n) is 11.2. The Hall–Kier alpha value is -0.0100. The minimum atomic E-state index is 0.273. The van der Waals surface area contributed by atoms with Crippen molar-refractivity contribution in [3.63, 3.8) is 0 Å². The van der Waals surface area contributed by atoms with Crippen LogP contribution in [0.4, 0.5) is 0 Å². The van der Waals surface area contributed by atoms with Crippen LogP contribution >= 0.6 is 11.6 Å². The number of nitrogens with zero attached hydrogens (tertiary/aromatic N) is 1. The van der Waals surface area contributed by atoms with Crippen molar-refractivity contribution < 1.29 is 0 Å². The third kappa shape index (κ3) is 3.24. The molecule has 0 N–H and O–H groups in total. The maximum Gasteiger partial charge on any atom is 0.0313 e. The molecule has 1 aliphatic carbocycles. The molecule has 1 nitrogen and oxygen atoms in total. The first-order valence-corrected chi connectivity index (χ1v) is 6.95. The summed E-state index contributed by atoms with van der Waals surface area (Å²) >= 11 is 6.09. The molecule has 0 aromatic heterocycles. The van der Waals surface area contributed by atoms with Crippen molar-refractivity contribution >= 4 is 11.6 Å². The van der Waals surface area contributed by atoms with Crippen LogP contribution in [-0.4, -0.2) is 29.4 Å². The lowest BCUT2D eigenvalue weighted by atomic mass is 9.97. The molecule has 2 heteroatoms. The number of likely N-dealkylation sites (N-methyl/N-ethyl adjacent to an activating group) is 1. The van der Waals surface area contributed by atoms with Crippen LogP contribution in [0.2, 0.25) is 0 Å². The molecule has 3 unspecified atom stereocenters. The monoisotopic (exact) mass is 243 g/mol. The van der Waals surface area contributed by atoms with Crippen LogP contribution in [0.15, 0.2) is 12.2 Å². The van der Waals surface area contributed by atoms with Gasteiger partial charge < -0.3 is 0 Å². The molecule has 0 aromatic carbocycles. The van der Waals surface area contributed by atoms with Crippen molar-refractivity contribution in [2.24, 2.45) is 5.92 Å². The molecule has 0 aromatic rings. The Morgan fingerprint density at radius 3 is 2.56 bits per heavy atom. The minimum absolute atomic E-state index is 0.273. The van der Waals surface area contributed by atoms with Crippen LogP contribution in [0.3, 0.4) is 0 Å². The summed E-state index contributed by atoms with van der Waals surface area (Å²) in [5, 5.41) is 0.273. The summed E-state index contributed by atoms with van der Waals surface area (Å²) in [7, 11) is 2.23. The minimum Gasteiger partial charge on any atom is -0.297 e. The van der Waals surface area contributed by atoms with Gasteiger partial charge in [0.05, 0.1) is 0 Å². The van der Waals surface area contributed by atoms with E-state index in [9.17, 15) is 0 Å². The van der Waals surface area contributed by atoms with E-state index in [-0.39, 0.29) is 5.38 Å². The number of alkyl halides is 1. The van der Waals surface area contributed by atoms with Gasteiger partial charge in [-0.2, -0.15) is 0 Å². The van der Waals surface area contributed by atoms with Gasteiger partial charge in [0.15, 0.2) is 0 Å². The summed E-state index contributed by atoms with van der Waals surface area (Å²) in [6, 6.07) is 1.23. The van der Waals surface area contributed by atoms with Gasteiger partial charge in [0.1, 0.15) is 0 Å². The summed E-state index contributed by atoms with van der Waals surface area (Å²) in [4.78, 5) is 2.49. The van der Waals surface area contributed by atoms with E-state index in [1.807, 2.05) is 0 Å². The zero-order valence-corrected chi connectivity index (χ0v) is 11.9. The normalized spacial score (nSPS) is 29.8. The number of rotatable bonds is 5. The van der Waals surface area contributed by atoms with E-state index in [0.717, 1.165) is 6.42 Å². The first kappa shape index (κ1) is 14.1. The average Bonchev–Trinajstić information content (AvgIpc) is 2.58. The van der Waals surface area contributed by atoms with E-state index in [0.29, 0.717) is 18.0 Å². The lowest BCUT2D eigenvalue weighted by molar-refractivity contribution is 0.205. The molecule has 94 valence electrons. The summed E-state index contributed by atoms with van der Waals surface area (Å²) in [5.74, 6) is 0.643. The second-order valence-corrected chi connectivity index (χ2v) is 6.05. The Labute approximate surface area is 106 Å². The van der Waals surface area contributed by atoms with Crippen molar-refractivity contribution in [3.8, 4) is 0 Å². The molecule has 0 saturated heterocycles. The summed E-state index contributed by atoms with van der Waals surface area (Å²) in [6.07, 6.45) is 4.82. The molecule has 1 aliphatic rings. The van der Waals surface area contributed by atoms with Gasteiger partial charge in [0, 0.05) is 17.5 Å². The smallest absolute Gasteiger partial charge is 0.0313 e. The van der Waals surface area contributed by atoms with Crippen LogP contribution in [0.25, 0.3) is 0 Å². The number of hydrogen-bond donors (Lipinski definition) is 0. The molecule has 1 rings (SSSR count). The fraction of sp³-hybridized carbons (Fsp3) is 0.857. The quantitative estimate of drug-likeness (QED) is 0.520. The van der Waals surface area contributed by atoms with E-state index < -0.39 is 0 Å². The molecular formula is C14H26ClN. The Morgan fingerprint density at radius 1 is 1.44 bits per heavy atom. The molecule has 4 atom stereocenters. The van der Waals surface area contributed by atoms with Gasteiger partial charge in [-0.3, -0.25) is 4.90 Å². The van der Waals surface area contributed by atoms with Crippen molar-refractivity contribution in [1.82, 2.24) is 4.90 Å². The van der Waals surface area contributed by atoms with Gasteiger partial charge in [0.25, 0.3) is 0 Å². The second kappa shape index (κ2) is 6.07. The van der Waals surface area contributed by atoms with Crippen LogP contribution in [0, 0.1) is 5.92 Å². The maximum atomic E-state index is 6.09. The Bertz CT molecular complexity index is 237. The highest BCUT2D eigenvalue weighted by atomic mass is 35.5. The molecule has 0 spiro atoms. The van der Waals surface area contributed by atoms with Crippen molar-refractivity contribution in [2.45, 2.75) is 63.9 Å². The fourth-order valence-electron chi connectivity index (χ4n) is 2.72.